The van der Waals surface area contributed by atoms with Crippen LogP contribution in [0.3, 0.4) is 0 Å². The fourth-order valence-corrected chi connectivity index (χ4v) is 3.06. The molecule has 0 aliphatic carbocycles. The highest BCUT2D eigenvalue weighted by atomic mass is 31.2. The van der Waals surface area contributed by atoms with Crippen molar-refractivity contribution in [1.29, 1.82) is 0 Å². The fraction of sp³-hybridized carbons (Fsp3) is 0. The van der Waals surface area contributed by atoms with Crippen LogP contribution < -0.4 is 10.6 Å². The predicted molar refractivity (Wildman–Crippen MR) is 67.3 cm³/mol. The first-order chi connectivity index (χ1) is 8.19. The van der Waals surface area contributed by atoms with E-state index in [9.17, 15) is 18.9 Å². The highest BCUT2D eigenvalue weighted by Crippen LogP contribution is 2.38. The lowest BCUT2D eigenvalue weighted by Crippen LogP contribution is -2.08. The number of hydrogen-bond acceptors (Lipinski definition) is 2. The molecular weight excluding hydrogens is 278 g/mol. The second-order valence-electron chi connectivity index (χ2n) is 3.77. The van der Waals surface area contributed by atoms with E-state index < -0.39 is 15.2 Å². The third-order valence-corrected chi connectivity index (χ3v) is 4.46. The second-order valence-corrected chi connectivity index (χ2v) is 6.94. The van der Waals surface area contributed by atoms with Gasteiger partial charge in [-0.2, -0.15) is 0 Å². The van der Waals surface area contributed by atoms with Gasteiger partial charge in [0.2, 0.25) is 0 Å². The molecule has 0 unspecified atom stereocenters. The molecule has 0 bridgehead atoms. The van der Waals surface area contributed by atoms with Gasteiger partial charge < -0.3 is 19.6 Å². The Morgan fingerprint density at radius 3 is 2.06 bits per heavy atom. The first-order valence-corrected chi connectivity index (χ1v) is 8.07. The van der Waals surface area contributed by atoms with Gasteiger partial charge in [0.05, 0.1) is 10.6 Å². The molecular formula is C10H10O6P2. The van der Waals surface area contributed by atoms with Crippen molar-refractivity contribution in [3.63, 3.8) is 0 Å². The van der Waals surface area contributed by atoms with Crippen molar-refractivity contribution in [1.82, 2.24) is 0 Å². The first-order valence-electron chi connectivity index (χ1n) is 4.84. The molecule has 0 aliphatic heterocycles. The molecule has 0 aromatic heterocycles. The number of rotatable bonds is 2. The lowest BCUT2D eigenvalue weighted by atomic mass is 10.1. The average Bonchev–Trinajstić information content (AvgIpc) is 2.25. The molecule has 0 atom stereocenters. The molecule has 0 radical (unpaired) electrons. The van der Waals surface area contributed by atoms with Gasteiger partial charge in [-0.15, -0.1) is 0 Å². The Morgan fingerprint density at radius 2 is 1.50 bits per heavy atom. The minimum absolute atomic E-state index is 0.155. The Hall–Kier alpha value is -1.00. The standard InChI is InChI=1S/C10H10O6P2/c11-17(12,13)8-4-5-9-7(6-8)2-1-3-10(9)18(14,15)16/h1-6H,(H2,11,12,13)(H2,14,15,16). The van der Waals surface area contributed by atoms with Crippen LogP contribution in [0.15, 0.2) is 36.4 Å². The van der Waals surface area contributed by atoms with E-state index in [1.807, 2.05) is 0 Å². The summed E-state index contributed by atoms with van der Waals surface area (Å²) in [6.07, 6.45) is 0. The molecule has 0 aliphatic rings. The maximum atomic E-state index is 11.3. The fourth-order valence-electron chi connectivity index (χ4n) is 1.69. The van der Waals surface area contributed by atoms with Crippen molar-refractivity contribution in [3.05, 3.63) is 36.4 Å². The van der Waals surface area contributed by atoms with Crippen molar-refractivity contribution in [2.45, 2.75) is 0 Å². The third kappa shape index (κ3) is 2.54. The topological polar surface area (TPSA) is 115 Å². The SMILES string of the molecule is O=P(O)(O)c1ccc2c(P(=O)(O)O)cccc2c1. The van der Waals surface area contributed by atoms with Gasteiger partial charge in [-0.1, -0.05) is 18.2 Å². The predicted octanol–water partition coefficient (Wildman–Crippen LogP) is 0.446. The zero-order valence-corrected chi connectivity index (χ0v) is 10.8. The van der Waals surface area contributed by atoms with E-state index in [1.54, 1.807) is 0 Å². The number of benzene rings is 2. The van der Waals surface area contributed by atoms with Crippen LogP contribution in [0.2, 0.25) is 0 Å². The number of fused-ring (bicyclic) bond motifs is 1. The van der Waals surface area contributed by atoms with Gasteiger partial charge in [0.1, 0.15) is 0 Å². The van der Waals surface area contributed by atoms with Crippen LogP contribution in [-0.2, 0) is 9.13 Å². The molecule has 2 aromatic carbocycles. The quantitative estimate of drug-likeness (QED) is 0.596. The van der Waals surface area contributed by atoms with Crippen molar-refractivity contribution in [2.75, 3.05) is 0 Å². The summed E-state index contributed by atoms with van der Waals surface area (Å²) in [5, 5.41) is 0.315. The van der Waals surface area contributed by atoms with Crippen LogP contribution in [0.5, 0.6) is 0 Å². The molecule has 6 nitrogen and oxygen atoms in total. The molecule has 4 N–H and O–H groups in total. The van der Waals surface area contributed by atoms with Gasteiger partial charge in [0.15, 0.2) is 0 Å². The summed E-state index contributed by atoms with van der Waals surface area (Å²) in [6.45, 7) is 0. The maximum absolute atomic E-state index is 11.3. The summed E-state index contributed by atoms with van der Waals surface area (Å²) in [5.41, 5.74) is 0. The molecule has 0 amide bonds. The molecule has 0 saturated carbocycles. The molecule has 18 heavy (non-hydrogen) atoms. The molecule has 2 rings (SSSR count). The Bertz CT molecular complexity index is 699. The van der Waals surface area contributed by atoms with Crippen LogP contribution in [0.25, 0.3) is 10.8 Å². The zero-order valence-electron chi connectivity index (χ0n) is 8.96. The molecule has 2 aromatic rings. The van der Waals surface area contributed by atoms with Crippen molar-refractivity contribution in [3.8, 4) is 0 Å². The van der Waals surface area contributed by atoms with E-state index >= 15 is 0 Å². The van der Waals surface area contributed by atoms with Gasteiger partial charge in [-0.3, -0.25) is 9.13 Å². The molecule has 8 heteroatoms. The van der Waals surface area contributed by atoms with Gasteiger partial charge in [0, 0.05) is 0 Å². The third-order valence-electron chi connectivity index (χ3n) is 2.49. The van der Waals surface area contributed by atoms with Gasteiger partial charge in [-0.25, -0.2) is 0 Å². The van der Waals surface area contributed by atoms with Crippen LogP contribution >= 0.6 is 15.2 Å². The monoisotopic (exact) mass is 288 g/mol. The average molecular weight is 288 g/mol. The minimum atomic E-state index is -4.41. The van der Waals surface area contributed by atoms with Crippen molar-refractivity contribution in [2.24, 2.45) is 0 Å². The summed E-state index contributed by atoms with van der Waals surface area (Å²) < 4.78 is 22.4. The maximum Gasteiger partial charge on any atom is 0.356 e. The molecule has 0 saturated heterocycles. The van der Waals surface area contributed by atoms with Gasteiger partial charge in [0.25, 0.3) is 0 Å². The second kappa shape index (κ2) is 4.28. The summed E-state index contributed by atoms with van der Waals surface area (Å²) >= 11 is 0. The highest BCUT2D eigenvalue weighted by Gasteiger charge is 2.22. The summed E-state index contributed by atoms with van der Waals surface area (Å²) in [4.78, 5) is 36.4. The van der Waals surface area contributed by atoms with E-state index in [1.165, 1.54) is 36.4 Å². The Labute approximate surface area is 102 Å². The largest absolute Gasteiger partial charge is 0.356 e. The highest BCUT2D eigenvalue weighted by molar-refractivity contribution is 7.61. The lowest BCUT2D eigenvalue weighted by molar-refractivity contribution is 0.385. The first kappa shape index (κ1) is 13.4. The Balaban J connectivity index is 2.76. The smallest absolute Gasteiger partial charge is 0.321 e. The summed E-state index contributed by atoms with van der Waals surface area (Å²) in [6, 6.07) is 7.96. The van der Waals surface area contributed by atoms with Gasteiger partial charge in [-0.05, 0) is 29.0 Å². The zero-order chi connectivity index (χ0) is 13.6. The van der Waals surface area contributed by atoms with Crippen LogP contribution in [0.1, 0.15) is 0 Å². The Kier molecular flexibility index (Phi) is 3.19. The van der Waals surface area contributed by atoms with E-state index in [4.69, 9.17) is 9.79 Å². The van der Waals surface area contributed by atoms with Crippen LogP contribution in [0.4, 0.5) is 0 Å². The molecule has 96 valence electrons. The van der Waals surface area contributed by atoms with Crippen LogP contribution in [0, 0.1) is 0 Å². The molecule has 0 heterocycles. The van der Waals surface area contributed by atoms with E-state index in [0.29, 0.717) is 5.39 Å². The van der Waals surface area contributed by atoms with Crippen LogP contribution in [-0.4, -0.2) is 19.6 Å². The minimum Gasteiger partial charge on any atom is -0.321 e. The number of hydrogen-bond donors (Lipinski definition) is 4. The van der Waals surface area contributed by atoms with E-state index in [2.05, 4.69) is 0 Å². The summed E-state index contributed by atoms with van der Waals surface area (Å²) in [7, 11) is -8.79. The van der Waals surface area contributed by atoms with E-state index in [0.717, 1.165) is 0 Å². The van der Waals surface area contributed by atoms with Crippen molar-refractivity contribution < 1.29 is 28.7 Å². The van der Waals surface area contributed by atoms with Gasteiger partial charge >= 0.3 is 15.2 Å². The van der Waals surface area contributed by atoms with Crippen molar-refractivity contribution >= 4 is 36.6 Å². The molecule has 0 fully saturated rings. The molecule has 0 spiro atoms. The van der Waals surface area contributed by atoms with E-state index in [-0.39, 0.29) is 16.0 Å². The lowest BCUT2D eigenvalue weighted by Gasteiger charge is -2.10. The normalized spacial score (nSPS) is 12.9. The Morgan fingerprint density at radius 1 is 0.833 bits per heavy atom. The summed E-state index contributed by atoms with van der Waals surface area (Å²) in [5.74, 6) is 0.